The molecule has 0 unspecified atom stereocenters. The summed E-state index contributed by atoms with van der Waals surface area (Å²) < 4.78 is 16.0. The summed E-state index contributed by atoms with van der Waals surface area (Å²) in [5.74, 6) is -0.168. The van der Waals surface area contributed by atoms with Crippen molar-refractivity contribution in [1.82, 2.24) is 5.32 Å². The molecule has 0 radical (unpaired) electrons. The molecule has 0 aliphatic rings. The van der Waals surface area contributed by atoms with Gasteiger partial charge in [-0.1, -0.05) is 29.4 Å². The van der Waals surface area contributed by atoms with E-state index in [4.69, 9.17) is 32.0 Å². The van der Waals surface area contributed by atoms with Gasteiger partial charge in [-0.3, -0.25) is 14.9 Å². The fourth-order valence-corrected chi connectivity index (χ4v) is 3.51. The predicted molar refractivity (Wildman–Crippen MR) is 143 cm³/mol. The van der Waals surface area contributed by atoms with Crippen molar-refractivity contribution in [2.75, 3.05) is 31.6 Å². The van der Waals surface area contributed by atoms with Crippen LogP contribution in [0, 0.1) is 6.92 Å². The number of nitrogens with one attached hydrogen (secondary N) is 3. The number of thiocarbonyl (C=S) groups is 1. The van der Waals surface area contributed by atoms with Crippen LogP contribution in [0.25, 0.3) is 10.4 Å². The van der Waals surface area contributed by atoms with Gasteiger partial charge in [-0.05, 0) is 66.6 Å². The molecule has 0 saturated heterocycles. The Bertz CT molecular complexity index is 1360. The SMILES string of the molecule is COc1cc(C(=O)NC(=S)Nc2cccc(NC(=O)c3ccccc3)c2C)cc(OCN=[N+]=[N-])c1OC. The number of hydrogen-bond donors (Lipinski definition) is 3. The van der Waals surface area contributed by atoms with Crippen LogP contribution in [-0.4, -0.2) is 37.9 Å². The van der Waals surface area contributed by atoms with E-state index in [1.807, 2.05) is 13.0 Å². The lowest BCUT2D eigenvalue weighted by Crippen LogP contribution is -2.34. The number of benzene rings is 3. The predicted octanol–water partition coefficient (Wildman–Crippen LogP) is 5.04. The van der Waals surface area contributed by atoms with Gasteiger partial charge < -0.3 is 24.8 Å². The van der Waals surface area contributed by atoms with E-state index in [1.54, 1.807) is 42.5 Å². The lowest BCUT2D eigenvalue weighted by molar-refractivity contribution is 0.0975. The number of rotatable bonds is 9. The quantitative estimate of drug-likeness (QED) is 0.155. The van der Waals surface area contributed by atoms with E-state index in [0.717, 1.165) is 5.56 Å². The smallest absolute Gasteiger partial charge is 0.257 e. The van der Waals surface area contributed by atoms with E-state index in [0.29, 0.717) is 16.9 Å². The van der Waals surface area contributed by atoms with Gasteiger partial charge in [0.25, 0.3) is 11.8 Å². The Morgan fingerprint density at radius 3 is 2.24 bits per heavy atom. The van der Waals surface area contributed by atoms with E-state index >= 15 is 0 Å². The summed E-state index contributed by atoms with van der Waals surface area (Å²) in [6.07, 6.45) is 0. The first kappa shape index (κ1) is 26.8. The number of methoxy groups -OCH3 is 2. The molecule has 0 fully saturated rings. The van der Waals surface area contributed by atoms with Gasteiger partial charge in [0.2, 0.25) is 5.75 Å². The van der Waals surface area contributed by atoms with Crippen molar-refractivity contribution < 1.29 is 23.8 Å². The average molecular weight is 521 g/mol. The molecule has 0 bridgehead atoms. The molecule has 0 spiro atoms. The third-order valence-corrected chi connectivity index (χ3v) is 5.35. The van der Waals surface area contributed by atoms with Gasteiger partial charge in [0.05, 0.1) is 14.2 Å². The van der Waals surface area contributed by atoms with Crippen LogP contribution in [-0.2, 0) is 0 Å². The molecular weight excluding hydrogens is 496 g/mol. The first-order valence-corrected chi connectivity index (χ1v) is 11.3. The summed E-state index contributed by atoms with van der Waals surface area (Å²) in [5, 5.41) is 11.8. The Labute approximate surface area is 218 Å². The van der Waals surface area contributed by atoms with Crippen molar-refractivity contribution in [3.63, 3.8) is 0 Å². The first-order chi connectivity index (χ1) is 17.9. The Kier molecular flexibility index (Phi) is 9.25. The second-order valence-electron chi connectivity index (χ2n) is 7.42. The fraction of sp³-hybridized carbons (Fsp3) is 0.160. The molecular formula is C25H24N6O5S. The zero-order valence-corrected chi connectivity index (χ0v) is 21.1. The molecule has 3 aromatic carbocycles. The highest BCUT2D eigenvalue weighted by Crippen LogP contribution is 2.38. The lowest BCUT2D eigenvalue weighted by Gasteiger charge is -2.17. The molecule has 37 heavy (non-hydrogen) atoms. The van der Waals surface area contributed by atoms with Crippen LogP contribution in [0.5, 0.6) is 17.2 Å². The summed E-state index contributed by atoms with van der Waals surface area (Å²) in [6.45, 7) is 1.51. The molecule has 0 atom stereocenters. The topological polar surface area (TPSA) is 147 Å². The highest BCUT2D eigenvalue weighted by Gasteiger charge is 2.19. The number of carbonyl (C=O) groups excluding carboxylic acids is 2. The van der Waals surface area contributed by atoms with E-state index in [2.05, 4.69) is 26.0 Å². The van der Waals surface area contributed by atoms with Crippen LogP contribution >= 0.6 is 12.2 Å². The minimum absolute atomic E-state index is 0.0333. The highest BCUT2D eigenvalue weighted by molar-refractivity contribution is 7.80. The summed E-state index contributed by atoms with van der Waals surface area (Å²) in [6, 6.07) is 17.0. The number of nitrogens with zero attached hydrogens (tertiary/aromatic N) is 3. The maximum absolute atomic E-state index is 12.9. The largest absolute Gasteiger partial charge is 0.493 e. The second-order valence-corrected chi connectivity index (χ2v) is 7.83. The van der Waals surface area contributed by atoms with Gasteiger partial charge in [0.15, 0.2) is 23.3 Å². The van der Waals surface area contributed by atoms with Crippen molar-refractivity contribution in [3.05, 3.63) is 87.8 Å². The van der Waals surface area contributed by atoms with E-state index < -0.39 is 5.91 Å². The molecule has 3 rings (SSSR count). The van der Waals surface area contributed by atoms with Crippen LogP contribution in [0.3, 0.4) is 0 Å². The first-order valence-electron chi connectivity index (χ1n) is 10.9. The van der Waals surface area contributed by atoms with Gasteiger partial charge >= 0.3 is 0 Å². The summed E-state index contributed by atoms with van der Waals surface area (Å²) >= 11 is 5.34. The van der Waals surface area contributed by atoms with Crippen molar-refractivity contribution >= 4 is 40.5 Å². The van der Waals surface area contributed by atoms with E-state index in [9.17, 15) is 9.59 Å². The molecule has 2 amide bonds. The van der Waals surface area contributed by atoms with Gasteiger partial charge in [-0.2, -0.15) is 0 Å². The zero-order chi connectivity index (χ0) is 26.8. The fourth-order valence-electron chi connectivity index (χ4n) is 3.31. The van der Waals surface area contributed by atoms with E-state index in [-0.39, 0.29) is 40.6 Å². The third-order valence-electron chi connectivity index (χ3n) is 5.14. The number of anilines is 2. The lowest BCUT2D eigenvalue weighted by atomic mass is 10.1. The van der Waals surface area contributed by atoms with Gasteiger partial charge in [0, 0.05) is 27.4 Å². The Morgan fingerprint density at radius 2 is 1.59 bits per heavy atom. The molecule has 0 aliphatic carbocycles. The highest BCUT2D eigenvalue weighted by atomic mass is 32.1. The Hall–Kier alpha value is -4.80. The molecule has 0 aromatic heterocycles. The molecule has 0 heterocycles. The molecule has 0 aliphatic heterocycles. The summed E-state index contributed by atoms with van der Waals surface area (Å²) in [4.78, 5) is 28.1. The van der Waals surface area contributed by atoms with Gasteiger partial charge in [0.1, 0.15) is 0 Å². The van der Waals surface area contributed by atoms with Crippen LogP contribution in [0.1, 0.15) is 26.3 Å². The zero-order valence-electron chi connectivity index (χ0n) is 20.3. The maximum atomic E-state index is 12.9. The monoisotopic (exact) mass is 520 g/mol. The maximum Gasteiger partial charge on any atom is 0.257 e. The van der Waals surface area contributed by atoms with Crippen LogP contribution in [0.2, 0.25) is 0 Å². The summed E-state index contributed by atoms with van der Waals surface area (Å²) in [5.41, 5.74) is 11.1. The normalized spacial score (nSPS) is 9.92. The number of amides is 2. The number of azide groups is 1. The molecule has 3 aromatic rings. The van der Waals surface area contributed by atoms with Crippen molar-refractivity contribution in [2.45, 2.75) is 6.92 Å². The molecule has 190 valence electrons. The van der Waals surface area contributed by atoms with Crippen molar-refractivity contribution in [3.8, 4) is 17.2 Å². The van der Waals surface area contributed by atoms with Crippen LogP contribution < -0.4 is 30.2 Å². The average Bonchev–Trinajstić information content (AvgIpc) is 2.90. The van der Waals surface area contributed by atoms with Crippen LogP contribution in [0.4, 0.5) is 11.4 Å². The minimum atomic E-state index is -0.543. The van der Waals surface area contributed by atoms with Gasteiger partial charge in [-0.25, -0.2) is 0 Å². The van der Waals surface area contributed by atoms with E-state index in [1.165, 1.54) is 26.4 Å². The van der Waals surface area contributed by atoms with Crippen LogP contribution in [0.15, 0.2) is 65.8 Å². The molecule has 3 N–H and O–H groups in total. The number of carbonyl (C=O) groups is 2. The Balaban J connectivity index is 1.74. The second kappa shape index (κ2) is 12.8. The standard InChI is InChI=1S/C25H24N6O5S/c1-15-18(28-23(32)16-8-5-4-6-9-16)10-7-11-19(15)29-25(37)30-24(33)17-12-20(34-2)22(35-3)21(13-17)36-14-27-31-26/h4-13H,14H2,1-3H3,(H,28,32)(H2,29,30,33,37). The third kappa shape index (κ3) is 6.88. The number of ether oxygens (including phenoxy) is 3. The summed E-state index contributed by atoms with van der Waals surface area (Å²) in [7, 11) is 2.82. The molecule has 11 nitrogen and oxygen atoms in total. The molecule has 0 saturated carbocycles. The van der Waals surface area contributed by atoms with Crippen molar-refractivity contribution in [2.24, 2.45) is 5.11 Å². The Morgan fingerprint density at radius 1 is 0.919 bits per heavy atom. The van der Waals surface area contributed by atoms with Crippen molar-refractivity contribution in [1.29, 1.82) is 0 Å². The van der Waals surface area contributed by atoms with Gasteiger partial charge in [-0.15, -0.1) is 0 Å². The molecule has 12 heteroatoms. The minimum Gasteiger partial charge on any atom is -0.493 e. The number of hydrogen-bond acceptors (Lipinski definition) is 7.